The molecule has 1 fully saturated rings. The van der Waals surface area contributed by atoms with E-state index in [9.17, 15) is 4.79 Å². The smallest absolute Gasteiger partial charge is 0.233 e. The highest BCUT2D eigenvalue weighted by atomic mass is 32.2. The van der Waals surface area contributed by atoms with E-state index in [1.807, 2.05) is 4.90 Å². The summed E-state index contributed by atoms with van der Waals surface area (Å²) < 4.78 is 2.13. The van der Waals surface area contributed by atoms with Crippen LogP contribution in [0.2, 0.25) is 0 Å². The van der Waals surface area contributed by atoms with Crippen molar-refractivity contribution in [2.75, 3.05) is 12.3 Å². The molecule has 1 aromatic carbocycles. The Kier molecular flexibility index (Phi) is 4.84. The van der Waals surface area contributed by atoms with Gasteiger partial charge in [0.05, 0.1) is 11.3 Å². The van der Waals surface area contributed by atoms with Crippen molar-refractivity contribution in [1.29, 1.82) is 0 Å². The molecule has 142 valence electrons. The molecule has 0 bridgehead atoms. The van der Waals surface area contributed by atoms with E-state index in [2.05, 4.69) is 60.5 Å². The van der Waals surface area contributed by atoms with Gasteiger partial charge < -0.3 is 4.90 Å². The second-order valence-electron chi connectivity index (χ2n) is 7.65. The summed E-state index contributed by atoms with van der Waals surface area (Å²) in [6, 6.07) is 6.83. The SMILES string of the molecule is Cc1ccc(C)c2c1cc(C)c1nnc(SCC(=O)N3CCCC[C@H]3C)n12. The number of nitrogens with zero attached hydrogens (tertiary/aromatic N) is 4. The van der Waals surface area contributed by atoms with Gasteiger partial charge in [-0.2, -0.15) is 0 Å². The molecule has 2 aromatic heterocycles. The lowest BCUT2D eigenvalue weighted by molar-refractivity contribution is -0.131. The van der Waals surface area contributed by atoms with Gasteiger partial charge in [0.2, 0.25) is 5.91 Å². The van der Waals surface area contributed by atoms with Crippen LogP contribution in [0.4, 0.5) is 0 Å². The minimum absolute atomic E-state index is 0.203. The van der Waals surface area contributed by atoms with Crippen LogP contribution in [0.25, 0.3) is 16.6 Å². The van der Waals surface area contributed by atoms with Gasteiger partial charge in [-0.3, -0.25) is 9.20 Å². The first-order valence-corrected chi connectivity index (χ1v) is 10.6. The Morgan fingerprint density at radius 3 is 2.70 bits per heavy atom. The summed E-state index contributed by atoms with van der Waals surface area (Å²) in [4.78, 5) is 14.8. The second kappa shape index (κ2) is 7.15. The summed E-state index contributed by atoms with van der Waals surface area (Å²) in [5.41, 5.74) is 5.55. The minimum atomic E-state index is 0.203. The Balaban J connectivity index is 1.70. The van der Waals surface area contributed by atoms with E-state index in [1.165, 1.54) is 34.7 Å². The predicted octanol–water partition coefficient (Wildman–Crippen LogP) is 4.30. The molecule has 3 aromatic rings. The molecule has 0 unspecified atom stereocenters. The van der Waals surface area contributed by atoms with Crippen LogP contribution >= 0.6 is 11.8 Å². The zero-order chi connectivity index (χ0) is 19.1. The van der Waals surface area contributed by atoms with Crippen molar-refractivity contribution in [1.82, 2.24) is 19.5 Å². The van der Waals surface area contributed by atoms with Gasteiger partial charge in [0, 0.05) is 18.0 Å². The number of piperidine rings is 1. The maximum Gasteiger partial charge on any atom is 0.233 e. The Bertz CT molecular complexity index is 1030. The summed E-state index contributed by atoms with van der Waals surface area (Å²) in [5, 5.41) is 10.8. The normalized spacial score (nSPS) is 17.8. The van der Waals surface area contributed by atoms with Gasteiger partial charge in [-0.15, -0.1) is 10.2 Å². The first-order chi connectivity index (χ1) is 13.0. The third-order valence-corrected chi connectivity index (χ3v) is 6.57. The highest BCUT2D eigenvalue weighted by molar-refractivity contribution is 7.99. The van der Waals surface area contributed by atoms with Crippen molar-refractivity contribution in [3.8, 4) is 0 Å². The first kappa shape index (κ1) is 18.3. The number of likely N-dealkylation sites (tertiary alicyclic amines) is 1. The molecular formula is C21H26N4OS. The number of benzene rings is 1. The van der Waals surface area contributed by atoms with Gasteiger partial charge >= 0.3 is 0 Å². The molecule has 3 heterocycles. The Morgan fingerprint density at radius 2 is 1.93 bits per heavy atom. The highest BCUT2D eigenvalue weighted by Gasteiger charge is 2.24. The monoisotopic (exact) mass is 382 g/mol. The van der Waals surface area contributed by atoms with Gasteiger partial charge in [0.25, 0.3) is 0 Å². The lowest BCUT2D eigenvalue weighted by atomic mass is 10.0. The lowest BCUT2D eigenvalue weighted by Gasteiger charge is -2.33. The van der Waals surface area contributed by atoms with Gasteiger partial charge in [-0.05, 0) is 69.7 Å². The van der Waals surface area contributed by atoms with E-state index >= 15 is 0 Å². The topological polar surface area (TPSA) is 50.5 Å². The molecule has 0 aliphatic carbocycles. The molecule has 0 spiro atoms. The maximum absolute atomic E-state index is 12.7. The second-order valence-corrected chi connectivity index (χ2v) is 8.59. The van der Waals surface area contributed by atoms with Crippen molar-refractivity contribution in [3.05, 3.63) is 34.9 Å². The summed E-state index contributed by atoms with van der Waals surface area (Å²) in [6.45, 7) is 9.34. The summed E-state index contributed by atoms with van der Waals surface area (Å²) >= 11 is 1.50. The van der Waals surface area contributed by atoms with Gasteiger partial charge in [-0.25, -0.2) is 0 Å². The molecule has 1 aliphatic heterocycles. The Morgan fingerprint density at radius 1 is 1.15 bits per heavy atom. The molecule has 0 N–H and O–H groups in total. The molecular weight excluding hydrogens is 356 g/mol. The van der Waals surface area contributed by atoms with E-state index in [1.54, 1.807) is 0 Å². The van der Waals surface area contributed by atoms with Crippen molar-refractivity contribution >= 4 is 34.2 Å². The standard InChI is InChI=1S/C21H26N4OS/c1-13-8-9-14(2)19-17(13)11-15(3)20-22-23-21(25(19)20)27-12-18(26)24-10-6-5-7-16(24)4/h8-9,11,16H,5-7,10,12H2,1-4H3/t16-/m1/s1. The number of aromatic nitrogens is 3. The number of aryl methyl sites for hydroxylation is 3. The van der Waals surface area contributed by atoms with E-state index < -0.39 is 0 Å². The Labute approximate surface area is 164 Å². The number of hydrogen-bond donors (Lipinski definition) is 0. The summed E-state index contributed by atoms with van der Waals surface area (Å²) in [6.07, 6.45) is 3.43. The van der Waals surface area contributed by atoms with Crippen molar-refractivity contribution in [2.45, 2.75) is 58.2 Å². The highest BCUT2D eigenvalue weighted by Crippen LogP contribution is 2.30. The fourth-order valence-electron chi connectivity index (χ4n) is 4.08. The number of pyridine rings is 1. The largest absolute Gasteiger partial charge is 0.339 e. The van der Waals surface area contributed by atoms with Crippen LogP contribution in [0.3, 0.4) is 0 Å². The number of fused-ring (bicyclic) bond motifs is 3. The third kappa shape index (κ3) is 3.20. The number of thioether (sulfide) groups is 1. The van der Waals surface area contributed by atoms with Gasteiger partial charge in [-0.1, -0.05) is 23.9 Å². The summed E-state index contributed by atoms with van der Waals surface area (Å²) in [7, 11) is 0. The van der Waals surface area contributed by atoms with Crippen molar-refractivity contribution in [2.24, 2.45) is 0 Å². The van der Waals surface area contributed by atoms with E-state index in [-0.39, 0.29) is 5.91 Å². The van der Waals surface area contributed by atoms with Crippen LogP contribution < -0.4 is 0 Å². The average molecular weight is 383 g/mol. The number of amides is 1. The molecule has 5 nitrogen and oxygen atoms in total. The molecule has 1 atom stereocenters. The molecule has 1 aliphatic rings. The maximum atomic E-state index is 12.7. The fourth-order valence-corrected chi connectivity index (χ4v) is 4.90. The fraction of sp³-hybridized carbons (Fsp3) is 0.476. The molecule has 6 heteroatoms. The zero-order valence-electron chi connectivity index (χ0n) is 16.5. The molecule has 0 saturated carbocycles. The molecule has 1 amide bonds. The molecule has 0 radical (unpaired) electrons. The van der Waals surface area contributed by atoms with Crippen molar-refractivity contribution < 1.29 is 4.79 Å². The lowest BCUT2D eigenvalue weighted by Crippen LogP contribution is -2.42. The van der Waals surface area contributed by atoms with Gasteiger partial charge in [0.15, 0.2) is 10.8 Å². The van der Waals surface area contributed by atoms with E-state index in [4.69, 9.17) is 0 Å². The molecule has 27 heavy (non-hydrogen) atoms. The average Bonchev–Trinajstić information content (AvgIpc) is 3.08. The number of hydrogen-bond acceptors (Lipinski definition) is 4. The van der Waals surface area contributed by atoms with Crippen LogP contribution in [0.15, 0.2) is 23.4 Å². The number of carbonyl (C=O) groups is 1. The van der Waals surface area contributed by atoms with E-state index in [0.29, 0.717) is 11.8 Å². The first-order valence-electron chi connectivity index (χ1n) is 9.64. The number of rotatable bonds is 3. The van der Waals surface area contributed by atoms with E-state index in [0.717, 1.165) is 41.3 Å². The summed E-state index contributed by atoms with van der Waals surface area (Å²) in [5.74, 6) is 0.611. The van der Waals surface area contributed by atoms with Crippen molar-refractivity contribution in [3.63, 3.8) is 0 Å². The number of carbonyl (C=O) groups excluding carboxylic acids is 1. The zero-order valence-corrected chi connectivity index (χ0v) is 17.3. The van der Waals surface area contributed by atoms with Crippen LogP contribution in [0, 0.1) is 20.8 Å². The van der Waals surface area contributed by atoms with Crippen LogP contribution in [0.5, 0.6) is 0 Å². The molecule has 1 saturated heterocycles. The quantitative estimate of drug-likeness (QED) is 0.634. The third-order valence-electron chi connectivity index (χ3n) is 5.66. The van der Waals surface area contributed by atoms with Crippen LogP contribution in [0.1, 0.15) is 42.9 Å². The molecule has 4 rings (SSSR count). The minimum Gasteiger partial charge on any atom is -0.339 e. The predicted molar refractivity (Wildman–Crippen MR) is 110 cm³/mol. The van der Waals surface area contributed by atoms with Gasteiger partial charge in [0.1, 0.15) is 0 Å². The Hall–Kier alpha value is -2.08. The van der Waals surface area contributed by atoms with Crippen LogP contribution in [-0.2, 0) is 4.79 Å². The van der Waals surface area contributed by atoms with Crippen LogP contribution in [-0.4, -0.2) is 43.7 Å².